The monoisotopic (exact) mass is 423 g/mol. The van der Waals surface area contributed by atoms with E-state index in [9.17, 15) is 9.59 Å². The summed E-state index contributed by atoms with van der Waals surface area (Å²) >= 11 is 1.53. The van der Waals surface area contributed by atoms with Crippen LogP contribution in [0.4, 0.5) is 0 Å². The van der Waals surface area contributed by atoms with Crippen molar-refractivity contribution in [3.8, 4) is 0 Å². The van der Waals surface area contributed by atoms with Crippen LogP contribution in [0.25, 0.3) is 21.2 Å². The van der Waals surface area contributed by atoms with Crippen molar-refractivity contribution in [2.75, 3.05) is 7.05 Å². The fourth-order valence-corrected chi connectivity index (χ4v) is 4.76. The largest absolute Gasteiger partial charge is 0.461 e. The summed E-state index contributed by atoms with van der Waals surface area (Å²) in [5, 5.41) is 1.71. The molecule has 0 aliphatic heterocycles. The molecule has 0 aliphatic carbocycles. The van der Waals surface area contributed by atoms with Gasteiger partial charge in [0.05, 0.1) is 11.7 Å². The Morgan fingerprint density at radius 2 is 2.03 bits per heavy atom. The SMILES string of the molecule is CCc1oc2ccccc2c1CN(C)C(=O)CCn1cnc2sc(C)c(C)c2c1=O. The number of hydrogen-bond acceptors (Lipinski definition) is 5. The minimum absolute atomic E-state index is 0.0208. The lowest BCUT2D eigenvalue weighted by Crippen LogP contribution is -2.29. The van der Waals surface area contributed by atoms with Crippen LogP contribution < -0.4 is 5.56 Å². The average molecular weight is 424 g/mol. The molecular formula is C23H25N3O3S. The van der Waals surface area contributed by atoms with Crippen LogP contribution >= 0.6 is 11.3 Å². The highest BCUT2D eigenvalue weighted by molar-refractivity contribution is 7.18. The number of aromatic nitrogens is 2. The summed E-state index contributed by atoms with van der Waals surface area (Å²) in [7, 11) is 1.79. The van der Waals surface area contributed by atoms with E-state index in [4.69, 9.17) is 4.42 Å². The van der Waals surface area contributed by atoms with Crippen molar-refractivity contribution in [2.45, 2.75) is 46.7 Å². The Morgan fingerprint density at radius 3 is 2.80 bits per heavy atom. The van der Waals surface area contributed by atoms with Gasteiger partial charge in [-0.05, 0) is 25.5 Å². The molecule has 156 valence electrons. The Morgan fingerprint density at radius 1 is 1.27 bits per heavy atom. The van der Waals surface area contributed by atoms with E-state index in [2.05, 4.69) is 4.98 Å². The summed E-state index contributed by atoms with van der Waals surface area (Å²) in [6.45, 7) is 6.78. The summed E-state index contributed by atoms with van der Waals surface area (Å²) in [5.41, 5.74) is 2.79. The maximum atomic E-state index is 12.8. The van der Waals surface area contributed by atoms with Crippen LogP contribution in [0.2, 0.25) is 0 Å². The normalized spacial score (nSPS) is 11.5. The Bertz CT molecular complexity index is 1300. The fraction of sp³-hybridized carbons (Fsp3) is 0.348. The summed E-state index contributed by atoms with van der Waals surface area (Å²) < 4.78 is 7.48. The van der Waals surface area contributed by atoms with Gasteiger partial charge in [-0.2, -0.15) is 0 Å². The lowest BCUT2D eigenvalue weighted by molar-refractivity contribution is -0.130. The summed E-state index contributed by atoms with van der Waals surface area (Å²) in [6, 6.07) is 7.90. The molecule has 0 atom stereocenters. The van der Waals surface area contributed by atoms with Crippen LogP contribution in [0.15, 0.2) is 39.8 Å². The van der Waals surface area contributed by atoms with Crippen LogP contribution in [-0.4, -0.2) is 27.4 Å². The number of amides is 1. The first kappa shape index (κ1) is 20.3. The number of thiophene rings is 1. The summed E-state index contributed by atoms with van der Waals surface area (Å²) in [6.07, 6.45) is 2.56. The molecule has 1 amide bonds. The second-order valence-corrected chi connectivity index (χ2v) is 8.76. The van der Waals surface area contributed by atoms with Gasteiger partial charge in [0, 0.05) is 48.8 Å². The molecule has 0 saturated heterocycles. The van der Waals surface area contributed by atoms with E-state index in [1.54, 1.807) is 18.3 Å². The number of hydrogen-bond donors (Lipinski definition) is 0. The predicted octanol–water partition coefficient (Wildman–Crippen LogP) is 4.43. The number of nitrogens with zero attached hydrogens (tertiary/aromatic N) is 3. The number of furan rings is 1. The number of para-hydroxylation sites is 1. The molecule has 3 aromatic heterocycles. The standard InChI is InChI=1S/C23H25N3O3S/c1-5-18-17(16-8-6-7-9-19(16)29-18)12-25(4)20(27)10-11-26-13-24-22-21(23(26)28)14(2)15(3)30-22/h6-9,13H,5,10-12H2,1-4H3. The number of benzene rings is 1. The van der Waals surface area contributed by atoms with E-state index in [0.29, 0.717) is 18.5 Å². The van der Waals surface area contributed by atoms with Crippen molar-refractivity contribution in [3.05, 3.63) is 62.7 Å². The fourth-order valence-electron chi connectivity index (χ4n) is 3.77. The zero-order chi connectivity index (χ0) is 21.4. The van der Waals surface area contributed by atoms with Crippen molar-refractivity contribution in [3.63, 3.8) is 0 Å². The Kier molecular flexibility index (Phi) is 5.47. The Balaban J connectivity index is 1.50. The number of aryl methyl sites for hydroxylation is 4. The molecule has 7 heteroatoms. The molecule has 0 unspecified atom stereocenters. The number of carbonyl (C=O) groups excluding carboxylic acids is 1. The third-order valence-electron chi connectivity index (χ3n) is 5.65. The molecule has 3 heterocycles. The second-order valence-electron chi connectivity index (χ2n) is 7.56. The highest BCUT2D eigenvalue weighted by Gasteiger charge is 2.18. The van der Waals surface area contributed by atoms with Crippen LogP contribution in [0.1, 0.15) is 35.1 Å². The third kappa shape index (κ3) is 3.54. The van der Waals surface area contributed by atoms with E-state index in [1.807, 2.05) is 45.0 Å². The van der Waals surface area contributed by atoms with Crippen molar-refractivity contribution < 1.29 is 9.21 Å². The number of rotatable bonds is 6. The van der Waals surface area contributed by atoms with Crippen LogP contribution in [-0.2, 0) is 24.3 Å². The maximum absolute atomic E-state index is 12.8. The van der Waals surface area contributed by atoms with Gasteiger partial charge in [0.15, 0.2) is 0 Å². The van der Waals surface area contributed by atoms with Gasteiger partial charge in [-0.3, -0.25) is 14.2 Å². The highest BCUT2D eigenvalue weighted by Crippen LogP contribution is 2.28. The minimum atomic E-state index is -0.0774. The molecule has 0 radical (unpaired) electrons. The minimum Gasteiger partial charge on any atom is -0.461 e. The summed E-state index contributed by atoms with van der Waals surface area (Å²) in [4.78, 5) is 33.6. The molecule has 0 spiro atoms. The molecule has 1 aromatic carbocycles. The zero-order valence-electron chi connectivity index (χ0n) is 17.7. The first-order chi connectivity index (χ1) is 14.4. The maximum Gasteiger partial charge on any atom is 0.262 e. The third-order valence-corrected chi connectivity index (χ3v) is 6.76. The van der Waals surface area contributed by atoms with Crippen LogP contribution in [0, 0.1) is 13.8 Å². The smallest absolute Gasteiger partial charge is 0.262 e. The van der Waals surface area contributed by atoms with Crippen molar-refractivity contribution in [2.24, 2.45) is 0 Å². The number of carbonyl (C=O) groups is 1. The average Bonchev–Trinajstić information content (AvgIpc) is 3.24. The molecule has 4 aromatic rings. The number of fused-ring (bicyclic) bond motifs is 2. The van der Waals surface area contributed by atoms with Gasteiger partial charge >= 0.3 is 0 Å². The van der Waals surface area contributed by atoms with Gasteiger partial charge in [0.25, 0.3) is 5.56 Å². The van der Waals surface area contributed by atoms with E-state index >= 15 is 0 Å². The van der Waals surface area contributed by atoms with Crippen molar-refractivity contribution in [1.82, 2.24) is 14.5 Å². The molecule has 30 heavy (non-hydrogen) atoms. The molecule has 0 saturated carbocycles. The van der Waals surface area contributed by atoms with Gasteiger partial charge in [0.2, 0.25) is 5.91 Å². The second kappa shape index (κ2) is 8.07. The quantitative estimate of drug-likeness (QED) is 0.460. The van der Waals surface area contributed by atoms with Gasteiger partial charge in [-0.1, -0.05) is 25.1 Å². The highest BCUT2D eigenvalue weighted by atomic mass is 32.1. The van der Waals surface area contributed by atoms with E-state index in [0.717, 1.165) is 44.0 Å². The molecule has 0 bridgehead atoms. The predicted molar refractivity (Wildman–Crippen MR) is 120 cm³/mol. The topological polar surface area (TPSA) is 68.3 Å². The van der Waals surface area contributed by atoms with E-state index < -0.39 is 0 Å². The lowest BCUT2D eigenvalue weighted by atomic mass is 10.1. The molecule has 6 nitrogen and oxygen atoms in total. The molecule has 0 N–H and O–H groups in total. The van der Waals surface area contributed by atoms with Gasteiger partial charge in [-0.25, -0.2) is 4.98 Å². The molecule has 0 fully saturated rings. The Labute approximate surface area is 178 Å². The van der Waals surface area contributed by atoms with Gasteiger partial charge in [-0.15, -0.1) is 11.3 Å². The first-order valence-corrected chi connectivity index (χ1v) is 10.9. The van der Waals surface area contributed by atoms with Crippen molar-refractivity contribution in [1.29, 1.82) is 0 Å². The van der Waals surface area contributed by atoms with Crippen molar-refractivity contribution >= 4 is 38.4 Å². The summed E-state index contributed by atoms with van der Waals surface area (Å²) in [5.74, 6) is 0.887. The first-order valence-electron chi connectivity index (χ1n) is 10.1. The molecular weight excluding hydrogens is 398 g/mol. The van der Waals surface area contributed by atoms with Crippen LogP contribution in [0.3, 0.4) is 0 Å². The van der Waals surface area contributed by atoms with E-state index in [-0.39, 0.29) is 17.9 Å². The molecule has 4 rings (SSSR count). The Hall–Kier alpha value is -2.93. The van der Waals surface area contributed by atoms with E-state index in [1.165, 1.54) is 15.9 Å². The van der Waals surface area contributed by atoms with Gasteiger partial charge < -0.3 is 9.32 Å². The van der Waals surface area contributed by atoms with Gasteiger partial charge in [0.1, 0.15) is 16.2 Å². The lowest BCUT2D eigenvalue weighted by Gasteiger charge is -2.18. The zero-order valence-corrected chi connectivity index (χ0v) is 18.5. The van der Waals surface area contributed by atoms with Crippen LogP contribution in [0.5, 0.6) is 0 Å². The molecule has 0 aliphatic rings.